The van der Waals surface area contributed by atoms with Crippen LogP contribution in [0.3, 0.4) is 0 Å². The monoisotopic (exact) mass is 282 g/mol. The van der Waals surface area contributed by atoms with Gasteiger partial charge in [-0.25, -0.2) is 4.79 Å². The number of furan rings is 1. The van der Waals surface area contributed by atoms with Crippen molar-refractivity contribution >= 4 is 16.9 Å². The molecule has 0 aliphatic heterocycles. The van der Waals surface area contributed by atoms with Crippen molar-refractivity contribution in [2.24, 2.45) is 0 Å². The lowest BCUT2D eigenvalue weighted by molar-refractivity contribution is 0.0602. The standard InChI is InChI=1S/C17H14O4/c1-19-17(18)15-11-21-16-9-13(7-8-14(15)16)20-10-12-5-3-2-4-6-12/h2-9,11H,10H2,1H3. The number of carbonyl (C=O) groups excluding carboxylic acids is 1. The van der Waals surface area contributed by atoms with Gasteiger partial charge in [-0.1, -0.05) is 30.3 Å². The number of methoxy groups -OCH3 is 1. The van der Waals surface area contributed by atoms with Gasteiger partial charge in [0.2, 0.25) is 0 Å². The van der Waals surface area contributed by atoms with Gasteiger partial charge in [0.1, 0.15) is 29.8 Å². The zero-order chi connectivity index (χ0) is 14.7. The van der Waals surface area contributed by atoms with E-state index in [-0.39, 0.29) is 0 Å². The molecule has 0 bridgehead atoms. The fraction of sp³-hybridized carbons (Fsp3) is 0.118. The van der Waals surface area contributed by atoms with Gasteiger partial charge in [-0.15, -0.1) is 0 Å². The van der Waals surface area contributed by atoms with E-state index in [2.05, 4.69) is 0 Å². The van der Waals surface area contributed by atoms with Gasteiger partial charge in [0.25, 0.3) is 0 Å². The first-order valence-corrected chi connectivity index (χ1v) is 6.54. The molecule has 0 N–H and O–H groups in total. The molecular formula is C17H14O4. The molecule has 0 saturated heterocycles. The predicted molar refractivity (Wildman–Crippen MR) is 78.3 cm³/mol. The number of carbonyl (C=O) groups is 1. The zero-order valence-corrected chi connectivity index (χ0v) is 11.5. The molecule has 0 radical (unpaired) electrons. The second-order valence-corrected chi connectivity index (χ2v) is 4.57. The fourth-order valence-electron chi connectivity index (χ4n) is 2.11. The molecule has 3 rings (SSSR count). The molecule has 4 nitrogen and oxygen atoms in total. The molecule has 4 heteroatoms. The van der Waals surface area contributed by atoms with E-state index in [1.54, 1.807) is 12.1 Å². The van der Waals surface area contributed by atoms with Crippen molar-refractivity contribution in [3.05, 3.63) is 65.9 Å². The van der Waals surface area contributed by atoms with Gasteiger partial charge >= 0.3 is 5.97 Å². The van der Waals surface area contributed by atoms with Crippen molar-refractivity contribution < 1.29 is 18.7 Å². The Morgan fingerprint density at radius 3 is 2.71 bits per heavy atom. The van der Waals surface area contributed by atoms with Crippen molar-refractivity contribution in [1.29, 1.82) is 0 Å². The van der Waals surface area contributed by atoms with Crippen LogP contribution in [0.5, 0.6) is 5.75 Å². The van der Waals surface area contributed by atoms with Crippen molar-refractivity contribution in [3.63, 3.8) is 0 Å². The summed E-state index contributed by atoms with van der Waals surface area (Å²) in [6.45, 7) is 0.483. The molecule has 1 aromatic heterocycles. The normalized spacial score (nSPS) is 10.5. The van der Waals surface area contributed by atoms with Crippen LogP contribution in [0.25, 0.3) is 11.0 Å². The number of hydrogen-bond acceptors (Lipinski definition) is 4. The number of benzene rings is 2. The maximum Gasteiger partial charge on any atom is 0.341 e. The molecule has 3 aromatic rings. The summed E-state index contributed by atoms with van der Waals surface area (Å²) in [7, 11) is 1.35. The lowest BCUT2D eigenvalue weighted by Gasteiger charge is -2.06. The van der Waals surface area contributed by atoms with Crippen molar-refractivity contribution in [3.8, 4) is 5.75 Å². The molecular weight excluding hydrogens is 268 g/mol. The highest BCUT2D eigenvalue weighted by Crippen LogP contribution is 2.26. The van der Waals surface area contributed by atoms with Gasteiger partial charge in [-0.2, -0.15) is 0 Å². The van der Waals surface area contributed by atoms with Crippen LogP contribution in [0, 0.1) is 0 Å². The molecule has 106 valence electrons. The van der Waals surface area contributed by atoms with Crippen LogP contribution < -0.4 is 4.74 Å². The van der Waals surface area contributed by atoms with Crippen LogP contribution in [0.2, 0.25) is 0 Å². The number of hydrogen-bond donors (Lipinski definition) is 0. The minimum absolute atomic E-state index is 0.410. The van der Waals surface area contributed by atoms with Crippen LogP contribution in [0.15, 0.2) is 59.2 Å². The van der Waals surface area contributed by atoms with Crippen LogP contribution in [-0.2, 0) is 11.3 Å². The van der Waals surface area contributed by atoms with E-state index >= 15 is 0 Å². The minimum Gasteiger partial charge on any atom is -0.489 e. The van der Waals surface area contributed by atoms with Gasteiger partial charge in [-0.3, -0.25) is 0 Å². The largest absolute Gasteiger partial charge is 0.489 e. The van der Waals surface area contributed by atoms with E-state index < -0.39 is 5.97 Å². The van der Waals surface area contributed by atoms with E-state index in [1.165, 1.54) is 13.4 Å². The SMILES string of the molecule is COC(=O)c1coc2cc(OCc3ccccc3)ccc12. The van der Waals surface area contributed by atoms with E-state index in [4.69, 9.17) is 13.9 Å². The molecule has 0 spiro atoms. The fourth-order valence-corrected chi connectivity index (χ4v) is 2.11. The zero-order valence-electron chi connectivity index (χ0n) is 11.5. The van der Waals surface area contributed by atoms with E-state index in [0.717, 1.165) is 5.56 Å². The van der Waals surface area contributed by atoms with Crippen LogP contribution in [0.1, 0.15) is 15.9 Å². The second kappa shape index (κ2) is 5.71. The van der Waals surface area contributed by atoms with E-state index in [1.807, 2.05) is 36.4 Å². The van der Waals surface area contributed by atoms with Crippen molar-refractivity contribution in [1.82, 2.24) is 0 Å². The maximum atomic E-state index is 11.6. The Bertz CT molecular complexity index is 759. The number of ether oxygens (including phenoxy) is 2. The summed E-state index contributed by atoms with van der Waals surface area (Å²) in [5, 5.41) is 0.717. The highest BCUT2D eigenvalue weighted by Gasteiger charge is 2.14. The average Bonchev–Trinajstić information content (AvgIpc) is 2.96. The van der Waals surface area contributed by atoms with E-state index in [0.29, 0.717) is 28.9 Å². The lowest BCUT2D eigenvalue weighted by atomic mass is 10.2. The smallest absolute Gasteiger partial charge is 0.341 e. The maximum absolute atomic E-state index is 11.6. The Labute approximate surface area is 121 Å². The summed E-state index contributed by atoms with van der Waals surface area (Å²) in [4.78, 5) is 11.6. The summed E-state index contributed by atoms with van der Waals surface area (Å²) in [5.41, 5.74) is 2.11. The Morgan fingerprint density at radius 1 is 1.14 bits per heavy atom. The molecule has 0 aliphatic carbocycles. The lowest BCUT2D eigenvalue weighted by Crippen LogP contribution is -1.99. The Hall–Kier alpha value is -2.75. The first-order valence-electron chi connectivity index (χ1n) is 6.54. The van der Waals surface area contributed by atoms with Gasteiger partial charge in [0.05, 0.1) is 7.11 Å². The van der Waals surface area contributed by atoms with Crippen molar-refractivity contribution in [2.75, 3.05) is 7.11 Å². The first-order chi connectivity index (χ1) is 10.3. The molecule has 0 fully saturated rings. The number of fused-ring (bicyclic) bond motifs is 1. The summed E-state index contributed by atoms with van der Waals surface area (Å²) in [6, 6.07) is 15.3. The highest BCUT2D eigenvalue weighted by molar-refractivity contribution is 6.03. The van der Waals surface area contributed by atoms with Crippen LogP contribution in [-0.4, -0.2) is 13.1 Å². The van der Waals surface area contributed by atoms with Gasteiger partial charge in [0.15, 0.2) is 0 Å². The summed E-state index contributed by atoms with van der Waals surface area (Å²) >= 11 is 0. The van der Waals surface area contributed by atoms with Gasteiger partial charge < -0.3 is 13.9 Å². The topological polar surface area (TPSA) is 48.7 Å². The third-order valence-electron chi connectivity index (χ3n) is 3.20. The molecule has 0 saturated carbocycles. The molecule has 1 heterocycles. The second-order valence-electron chi connectivity index (χ2n) is 4.57. The summed E-state index contributed by atoms with van der Waals surface area (Å²) < 4.78 is 15.8. The third-order valence-corrected chi connectivity index (χ3v) is 3.20. The van der Waals surface area contributed by atoms with Gasteiger partial charge in [-0.05, 0) is 17.7 Å². The number of rotatable bonds is 4. The summed E-state index contributed by atoms with van der Waals surface area (Å²) in [5.74, 6) is 0.281. The van der Waals surface area contributed by atoms with Crippen LogP contribution in [0.4, 0.5) is 0 Å². The quantitative estimate of drug-likeness (QED) is 0.683. The highest BCUT2D eigenvalue weighted by atomic mass is 16.5. The third kappa shape index (κ3) is 2.74. The van der Waals surface area contributed by atoms with Gasteiger partial charge in [0, 0.05) is 11.5 Å². The molecule has 0 aliphatic rings. The Morgan fingerprint density at radius 2 is 1.95 bits per heavy atom. The first kappa shape index (κ1) is 13.2. The van der Waals surface area contributed by atoms with Crippen molar-refractivity contribution in [2.45, 2.75) is 6.61 Å². The number of esters is 1. The minimum atomic E-state index is -0.410. The Kier molecular flexibility index (Phi) is 3.60. The van der Waals surface area contributed by atoms with Crippen LogP contribution >= 0.6 is 0 Å². The predicted octanol–water partition coefficient (Wildman–Crippen LogP) is 3.80. The molecule has 0 unspecified atom stereocenters. The molecule has 0 atom stereocenters. The molecule has 21 heavy (non-hydrogen) atoms. The summed E-state index contributed by atoms with van der Waals surface area (Å²) in [6.07, 6.45) is 1.40. The average molecular weight is 282 g/mol. The molecule has 0 amide bonds. The van der Waals surface area contributed by atoms with E-state index in [9.17, 15) is 4.79 Å². The Balaban J connectivity index is 1.80. The molecule has 2 aromatic carbocycles.